The third-order valence-corrected chi connectivity index (χ3v) is 15.3. The summed E-state index contributed by atoms with van der Waals surface area (Å²) in [4.78, 5) is 0. The van der Waals surface area contributed by atoms with Gasteiger partial charge < -0.3 is 8.85 Å². The Balaban J connectivity index is 5.03. The number of unbranched alkanes of at least 4 members (excludes halogenated alkanes) is 3. The Morgan fingerprint density at radius 2 is 1.07 bits per heavy atom. The summed E-state index contributed by atoms with van der Waals surface area (Å²) in [6.07, 6.45) is 7.64. The zero-order valence-electron chi connectivity index (χ0n) is 19.4. The molecule has 0 aromatic carbocycles. The van der Waals surface area contributed by atoms with Crippen molar-refractivity contribution in [1.82, 2.24) is 0 Å². The Hall–Kier alpha value is -0.326. The lowest BCUT2D eigenvalue weighted by molar-refractivity contribution is 0.312. The molecule has 27 heavy (non-hydrogen) atoms. The zero-order valence-corrected chi connectivity index (χ0v) is 21.4. The molecule has 0 radical (unpaired) electrons. The third-order valence-electron chi connectivity index (χ3n) is 6.18. The maximum atomic E-state index is 6.75. The van der Waals surface area contributed by atoms with Gasteiger partial charge in [0.05, 0.1) is 6.61 Å². The standard InChI is InChI=1S/C23H48O2Si2/c1-9-15-18-27(19-16-10-2,20-17-11-3)24-21-22(7)23(8)25-26(12-4,13-5)14-6/h7-21H2,1-6H3. The summed E-state index contributed by atoms with van der Waals surface area (Å²) in [7, 11) is -3.38. The minimum absolute atomic E-state index is 0.615. The summed E-state index contributed by atoms with van der Waals surface area (Å²) in [6, 6.07) is 7.28. The molecular formula is C23H48O2Si2. The molecule has 0 aliphatic carbocycles. The maximum Gasteiger partial charge on any atom is 0.250 e. The van der Waals surface area contributed by atoms with Gasteiger partial charge in [-0.1, -0.05) is 93.2 Å². The van der Waals surface area contributed by atoms with Crippen molar-refractivity contribution in [2.75, 3.05) is 6.61 Å². The molecule has 160 valence electrons. The number of rotatable bonds is 18. The van der Waals surface area contributed by atoms with Crippen molar-refractivity contribution in [3.63, 3.8) is 0 Å². The van der Waals surface area contributed by atoms with Crippen molar-refractivity contribution in [2.24, 2.45) is 0 Å². The topological polar surface area (TPSA) is 18.5 Å². The average Bonchev–Trinajstić information content (AvgIpc) is 2.70. The fraction of sp³-hybridized carbons (Fsp3) is 0.826. The summed E-state index contributed by atoms with van der Waals surface area (Å²) >= 11 is 0. The van der Waals surface area contributed by atoms with Gasteiger partial charge in [0.1, 0.15) is 5.76 Å². The second kappa shape index (κ2) is 14.6. The molecule has 0 aliphatic heterocycles. The van der Waals surface area contributed by atoms with Gasteiger partial charge in [0.15, 0.2) is 8.32 Å². The molecule has 0 fully saturated rings. The van der Waals surface area contributed by atoms with E-state index >= 15 is 0 Å². The van der Waals surface area contributed by atoms with Gasteiger partial charge in [0.2, 0.25) is 8.32 Å². The van der Waals surface area contributed by atoms with Gasteiger partial charge in [0, 0.05) is 5.57 Å². The summed E-state index contributed by atoms with van der Waals surface area (Å²) in [5, 5.41) is 0. The van der Waals surface area contributed by atoms with E-state index in [-0.39, 0.29) is 0 Å². The Morgan fingerprint density at radius 3 is 1.41 bits per heavy atom. The normalized spacial score (nSPS) is 12.2. The second-order valence-corrected chi connectivity index (χ2v) is 17.0. The van der Waals surface area contributed by atoms with Crippen molar-refractivity contribution < 1.29 is 8.85 Å². The first-order valence-electron chi connectivity index (χ1n) is 11.6. The van der Waals surface area contributed by atoms with Crippen LogP contribution in [0.2, 0.25) is 36.3 Å². The quantitative estimate of drug-likeness (QED) is 0.128. The highest BCUT2D eigenvalue weighted by molar-refractivity contribution is 6.74. The van der Waals surface area contributed by atoms with E-state index in [0.29, 0.717) is 6.61 Å². The predicted molar refractivity (Wildman–Crippen MR) is 127 cm³/mol. The molecule has 2 nitrogen and oxygen atoms in total. The highest BCUT2D eigenvalue weighted by Gasteiger charge is 2.34. The number of hydrogen-bond acceptors (Lipinski definition) is 2. The van der Waals surface area contributed by atoms with Gasteiger partial charge in [0.25, 0.3) is 0 Å². The van der Waals surface area contributed by atoms with Crippen LogP contribution in [0.15, 0.2) is 24.5 Å². The van der Waals surface area contributed by atoms with Crippen molar-refractivity contribution in [3.05, 3.63) is 24.5 Å². The molecule has 0 aromatic rings. The van der Waals surface area contributed by atoms with Gasteiger partial charge in [-0.2, -0.15) is 0 Å². The molecular weight excluding hydrogens is 364 g/mol. The van der Waals surface area contributed by atoms with Crippen molar-refractivity contribution in [1.29, 1.82) is 0 Å². The highest BCUT2D eigenvalue weighted by atomic mass is 28.4. The number of hydrogen-bond donors (Lipinski definition) is 0. The first kappa shape index (κ1) is 26.7. The van der Waals surface area contributed by atoms with Crippen LogP contribution in [0.5, 0.6) is 0 Å². The SMILES string of the molecule is C=C(CO[Si](CCCC)(CCCC)CCCC)C(=C)O[Si](CC)(CC)CC. The lowest BCUT2D eigenvalue weighted by Gasteiger charge is -2.34. The minimum Gasteiger partial charge on any atom is -0.544 e. The van der Waals surface area contributed by atoms with Crippen LogP contribution in [0.1, 0.15) is 80.1 Å². The Kier molecular flexibility index (Phi) is 14.5. The second-order valence-electron chi connectivity index (χ2n) is 8.15. The predicted octanol–water partition coefficient (Wildman–Crippen LogP) is 8.44. The van der Waals surface area contributed by atoms with Gasteiger partial charge in [-0.05, 0) is 36.3 Å². The molecule has 0 heterocycles. The third kappa shape index (κ3) is 9.62. The molecule has 0 saturated carbocycles. The van der Waals surface area contributed by atoms with Crippen LogP contribution in [-0.2, 0) is 8.85 Å². The van der Waals surface area contributed by atoms with Crippen LogP contribution in [0.25, 0.3) is 0 Å². The average molecular weight is 413 g/mol. The molecule has 0 unspecified atom stereocenters. The summed E-state index contributed by atoms with van der Waals surface area (Å²) < 4.78 is 13.2. The Labute approximate surface area is 173 Å². The molecule has 0 rings (SSSR count). The molecule has 0 aliphatic rings. The summed E-state index contributed by atoms with van der Waals surface area (Å²) in [6.45, 7) is 22.7. The van der Waals surface area contributed by atoms with Gasteiger partial charge in [-0.3, -0.25) is 0 Å². The van der Waals surface area contributed by atoms with Crippen LogP contribution in [-0.4, -0.2) is 23.2 Å². The van der Waals surface area contributed by atoms with Crippen LogP contribution in [0.4, 0.5) is 0 Å². The van der Waals surface area contributed by atoms with Crippen molar-refractivity contribution >= 4 is 16.6 Å². The largest absolute Gasteiger partial charge is 0.544 e. The van der Waals surface area contributed by atoms with E-state index in [9.17, 15) is 0 Å². The molecule has 0 bridgehead atoms. The van der Waals surface area contributed by atoms with E-state index in [1.807, 2.05) is 0 Å². The van der Waals surface area contributed by atoms with Gasteiger partial charge in [-0.25, -0.2) is 0 Å². The Morgan fingerprint density at radius 1 is 0.667 bits per heavy atom. The van der Waals surface area contributed by atoms with Gasteiger partial charge >= 0.3 is 0 Å². The fourth-order valence-corrected chi connectivity index (χ4v) is 11.0. The van der Waals surface area contributed by atoms with Gasteiger partial charge in [-0.15, -0.1) is 0 Å². The zero-order chi connectivity index (χ0) is 20.8. The van der Waals surface area contributed by atoms with E-state index in [1.165, 1.54) is 56.7 Å². The maximum absolute atomic E-state index is 6.75. The lowest BCUT2D eigenvalue weighted by Crippen LogP contribution is -2.39. The van der Waals surface area contributed by atoms with E-state index in [2.05, 4.69) is 54.7 Å². The van der Waals surface area contributed by atoms with E-state index in [1.54, 1.807) is 0 Å². The van der Waals surface area contributed by atoms with Crippen LogP contribution >= 0.6 is 0 Å². The molecule has 0 saturated heterocycles. The Bertz CT molecular complexity index is 387. The van der Waals surface area contributed by atoms with E-state index in [0.717, 1.165) is 29.5 Å². The summed E-state index contributed by atoms with van der Waals surface area (Å²) in [5.41, 5.74) is 0.962. The smallest absolute Gasteiger partial charge is 0.250 e. The van der Waals surface area contributed by atoms with E-state index < -0.39 is 16.6 Å². The monoisotopic (exact) mass is 412 g/mol. The molecule has 4 heteroatoms. The molecule has 0 aromatic heterocycles. The fourth-order valence-electron chi connectivity index (χ4n) is 3.71. The minimum atomic E-state index is -1.70. The van der Waals surface area contributed by atoms with Crippen molar-refractivity contribution in [2.45, 2.75) is 116 Å². The van der Waals surface area contributed by atoms with Crippen molar-refractivity contribution in [3.8, 4) is 0 Å². The van der Waals surface area contributed by atoms with E-state index in [4.69, 9.17) is 8.85 Å². The first-order valence-corrected chi connectivity index (χ1v) is 16.6. The lowest BCUT2D eigenvalue weighted by atomic mass is 10.3. The molecule has 0 spiro atoms. The van der Waals surface area contributed by atoms with Crippen LogP contribution < -0.4 is 0 Å². The highest BCUT2D eigenvalue weighted by Crippen LogP contribution is 2.31. The van der Waals surface area contributed by atoms with Crippen LogP contribution in [0, 0.1) is 0 Å². The first-order chi connectivity index (χ1) is 12.9. The summed E-state index contributed by atoms with van der Waals surface area (Å²) in [5.74, 6) is 0.789. The molecule has 0 N–H and O–H groups in total. The molecule has 0 amide bonds. The van der Waals surface area contributed by atoms with Crippen LogP contribution in [0.3, 0.4) is 0 Å². The molecule has 0 atom stereocenters.